The van der Waals surface area contributed by atoms with Gasteiger partial charge in [0.2, 0.25) is 0 Å². The summed E-state index contributed by atoms with van der Waals surface area (Å²) in [5.41, 5.74) is 2.01. The van der Waals surface area contributed by atoms with Crippen LogP contribution in [0.1, 0.15) is 44.4 Å². The van der Waals surface area contributed by atoms with E-state index in [1.165, 1.54) is 11.1 Å². The smallest absolute Gasteiger partial charge is 0.408 e. The number of amides is 1. The lowest BCUT2D eigenvalue weighted by molar-refractivity contribution is -0.378. The molecule has 4 heteroatoms. The molecule has 1 heterocycles. The summed E-state index contributed by atoms with van der Waals surface area (Å²) in [4.78, 5) is 14.7. The highest BCUT2D eigenvalue weighted by atomic mass is 16.6. The van der Waals surface area contributed by atoms with Crippen molar-refractivity contribution in [1.82, 2.24) is 5.32 Å². The Bertz CT molecular complexity index is 424. The fourth-order valence-corrected chi connectivity index (χ4v) is 2.08. The summed E-state index contributed by atoms with van der Waals surface area (Å²) in [6, 6.07) is 2.13. The zero-order chi connectivity index (χ0) is 12.5. The average molecular weight is 235 g/mol. The Hall–Kier alpha value is -1.58. The maximum atomic E-state index is 11.7. The van der Waals surface area contributed by atoms with E-state index in [0.717, 1.165) is 12.8 Å². The average Bonchev–Trinajstić information content (AvgIpc) is 2.59. The monoisotopic (exact) mass is 235 g/mol. The Balaban J connectivity index is 2.00. The molecular formula is C13H19N2O2+. The predicted octanol–water partition coefficient (Wildman–Crippen LogP) is 2.01. The number of hydrogen-bond donors (Lipinski definition) is 1. The second kappa shape index (κ2) is 4.35. The first-order valence-electron chi connectivity index (χ1n) is 5.94. The summed E-state index contributed by atoms with van der Waals surface area (Å²) >= 11 is 0. The molecule has 1 atom stereocenters. The van der Waals surface area contributed by atoms with Gasteiger partial charge in [0.15, 0.2) is 12.4 Å². The van der Waals surface area contributed by atoms with Crippen molar-refractivity contribution >= 4 is 6.09 Å². The standard InChI is InChI=1S/C13H18N2O2/c1-13(2,3)17-12(16)15-11-5-4-9-6-7-14-8-10(9)11/h6-8,11H,4-5H2,1-3H3,(H,15,16)/p+1. The van der Waals surface area contributed by atoms with Crippen molar-refractivity contribution in [1.29, 1.82) is 0 Å². The third kappa shape index (κ3) is 2.96. The van der Waals surface area contributed by atoms with Gasteiger partial charge >= 0.3 is 6.09 Å². The van der Waals surface area contributed by atoms with Crippen LogP contribution in [0.4, 0.5) is 4.79 Å². The molecule has 2 N–H and O–H groups in total. The molecule has 0 saturated heterocycles. The van der Waals surface area contributed by atoms with Gasteiger partial charge in [-0.3, -0.25) is 0 Å². The summed E-state index contributed by atoms with van der Waals surface area (Å²) in [6.45, 7) is 5.59. The highest BCUT2D eigenvalue weighted by Gasteiger charge is 2.27. The molecule has 0 spiro atoms. The lowest BCUT2D eigenvalue weighted by Crippen LogP contribution is -2.34. The van der Waals surface area contributed by atoms with Crippen molar-refractivity contribution in [3.8, 4) is 0 Å². The van der Waals surface area contributed by atoms with Gasteiger partial charge in [-0.2, -0.15) is 0 Å². The lowest BCUT2D eigenvalue weighted by Gasteiger charge is -2.21. The van der Waals surface area contributed by atoms with Crippen LogP contribution in [0.5, 0.6) is 0 Å². The minimum Gasteiger partial charge on any atom is -0.444 e. The van der Waals surface area contributed by atoms with Gasteiger partial charge < -0.3 is 10.1 Å². The van der Waals surface area contributed by atoms with E-state index in [1.54, 1.807) is 0 Å². The van der Waals surface area contributed by atoms with E-state index in [1.807, 2.05) is 33.2 Å². The molecule has 4 nitrogen and oxygen atoms in total. The molecule has 0 aromatic carbocycles. The van der Waals surface area contributed by atoms with Crippen LogP contribution >= 0.6 is 0 Å². The second-order valence-corrected chi connectivity index (χ2v) is 5.36. The first-order chi connectivity index (χ1) is 7.96. The van der Waals surface area contributed by atoms with Crippen molar-refractivity contribution in [2.24, 2.45) is 0 Å². The largest absolute Gasteiger partial charge is 0.444 e. The first-order valence-corrected chi connectivity index (χ1v) is 5.94. The summed E-state index contributed by atoms with van der Waals surface area (Å²) in [7, 11) is 0. The number of aromatic amines is 1. The molecule has 0 bridgehead atoms. The second-order valence-electron chi connectivity index (χ2n) is 5.36. The van der Waals surface area contributed by atoms with Crippen molar-refractivity contribution in [2.45, 2.75) is 45.3 Å². The van der Waals surface area contributed by atoms with Crippen LogP contribution in [0.25, 0.3) is 0 Å². The predicted molar refractivity (Wildman–Crippen MR) is 63.4 cm³/mol. The molecule has 17 heavy (non-hydrogen) atoms. The normalized spacial score (nSPS) is 18.6. The van der Waals surface area contributed by atoms with Gasteiger partial charge in [0, 0.05) is 11.6 Å². The lowest BCUT2D eigenvalue weighted by atomic mass is 10.1. The van der Waals surface area contributed by atoms with Gasteiger partial charge in [-0.05, 0) is 39.2 Å². The van der Waals surface area contributed by atoms with E-state index in [4.69, 9.17) is 4.74 Å². The van der Waals surface area contributed by atoms with E-state index in [0.29, 0.717) is 0 Å². The number of H-pyrrole nitrogens is 1. The number of alkyl carbamates (subject to hydrolysis) is 1. The van der Waals surface area contributed by atoms with Crippen LogP contribution in [0.15, 0.2) is 18.5 Å². The van der Waals surface area contributed by atoms with Gasteiger partial charge in [0.05, 0.1) is 6.04 Å². The van der Waals surface area contributed by atoms with E-state index >= 15 is 0 Å². The van der Waals surface area contributed by atoms with Crippen LogP contribution in [0.2, 0.25) is 0 Å². The highest BCUT2D eigenvalue weighted by Crippen LogP contribution is 2.29. The van der Waals surface area contributed by atoms with Crippen LogP contribution in [0.3, 0.4) is 0 Å². The zero-order valence-electron chi connectivity index (χ0n) is 10.5. The van der Waals surface area contributed by atoms with Gasteiger partial charge in [-0.15, -0.1) is 0 Å². The summed E-state index contributed by atoms with van der Waals surface area (Å²) in [6.07, 6.45) is 5.45. The SMILES string of the molecule is CC(C)(C)OC(=O)NC1CCc2cc[nH+]cc21. The number of aryl methyl sites for hydroxylation is 1. The Morgan fingerprint density at radius 3 is 3.00 bits per heavy atom. The summed E-state index contributed by atoms with van der Waals surface area (Å²) < 4.78 is 5.25. The Kier molecular flexibility index (Phi) is 3.05. The number of carbonyl (C=O) groups excluding carboxylic acids is 1. The number of pyridine rings is 1. The maximum Gasteiger partial charge on any atom is 0.408 e. The van der Waals surface area contributed by atoms with Crippen LogP contribution < -0.4 is 10.3 Å². The maximum absolute atomic E-state index is 11.7. The first kappa shape index (κ1) is 11.9. The molecule has 0 aliphatic heterocycles. The third-order valence-electron chi connectivity index (χ3n) is 2.76. The zero-order valence-corrected chi connectivity index (χ0v) is 10.5. The molecule has 1 unspecified atom stereocenters. The van der Waals surface area contributed by atoms with E-state index in [2.05, 4.69) is 16.4 Å². The van der Waals surface area contributed by atoms with E-state index < -0.39 is 5.60 Å². The summed E-state index contributed by atoms with van der Waals surface area (Å²) in [5.74, 6) is 0. The van der Waals surface area contributed by atoms with Crippen molar-refractivity contribution in [3.63, 3.8) is 0 Å². The molecule has 1 aliphatic rings. The number of rotatable bonds is 1. The van der Waals surface area contributed by atoms with Gasteiger partial charge in [0.25, 0.3) is 0 Å². The minimum atomic E-state index is -0.450. The topological polar surface area (TPSA) is 52.5 Å². The molecule has 0 fully saturated rings. The third-order valence-corrected chi connectivity index (χ3v) is 2.76. The van der Waals surface area contributed by atoms with Gasteiger partial charge in [0.1, 0.15) is 5.60 Å². The van der Waals surface area contributed by atoms with Crippen LogP contribution in [-0.2, 0) is 11.2 Å². The minimum absolute atomic E-state index is 0.0669. The van der Waals surface area contributed by atoms with Crippen LogP contribution in [0, 0.1) is 0 Å². The van der Waals surface area contributed by atoms with Crippen molar-refractivity contribution in [3.05, 3.63) is 29.6 Å². The molecule has 0 radical (unpaired) electrons. The molecule has 1 amide bonds. The highest BCUT2D eigenvalue weighted by molar-refractivity contribution is 5.68. The molecule has 1 aromatic heterocycles. The van der Waals surface area contributed by atoms with Gasteiger partial charge in [-0.1, -0.05) is 0 Å². The Morgan fingerprint density at radius 2 is 2.29 bits per heavy atom. The number of hydrogen-bond acceptors (Lipinski definition) is 2. The quantitative estimate of drug-likeness (QED) is 0.809. The fraction of sp³-hybridized carbons (Fsp3) is 0.538. The van der Waals surface area contributed by atoms with Crippen molar-refractivity contribution < 1.29 is 14.5 Å². The molecule has 0 saturated carbocycles. The summed E-state index contributed by atoms with van der Waals surface area (Å²) in [5, 5.41) is 2.91. The van der Waals surface area contributed by atoms with Gasteiger partial charge in [-0.25, -0.2) is 9.78 Å². The fourth-order valence-electron chi connectivity index (χ4n) is 2.08. The molecule has 1 aliphatic carbocycles. The molecule has 1 aromatic rings. The van der Waals surface area contributed by atoms with Crippen LogP contribution in [-0.4, -0.2) is 11.7 Å². The van der Waals surface area contributed by atoms with E-state index in [9.17, 15) is 4.79 Å². The molecular weight excluding hydrogens is 216 g/mol. The number of fused-ring (bicyclic) bond motifs is 1. The molecule has 92 valence electrons. The van der Waals surface area contributed by atoms with Crippen molar-refractivity contribution in [2.75, 3.05) is 0 Å². The number of aromatic nitrogens is 1. The Labute approximate surface area is 101 Å². The number of nitrogens with one attached hydrogen (secondary N) is 2. The Morgan fingerprint density at radius 1 is 1.53 bits per heavy atom. The van der Waals surface area contributed by atoms with E-state index in [-0.39, 0.29) is 12.1 Å². The molecule has 2 rings (SSSR count). The number of carbonyl (C=O) groups is 1. The number of ether oxygens (including phenoxy) is 1.